The summed E-state index contributed by atoms with van der Waals surface area (Å²) in [5.41, 5.74) is 1.03. The van der Waals surface area contributed by atoms with Crippen molar-refractivity contribution >= 4 is 17.4 Å². The molecule has 1 saturated carbocycles. The Morgan fingerprint density at radius 1 is 1.17 bits per heavy atom. The Bertz CT molecular complexity index is 567. The van der Waals surface area contributed by atoms with E-state index in [9.17, 15) is 4.79 Å². The molecule has 2 aliphatic rings. The summed E-state index contributed by atoms with van der Waals surface area (Å²) in [4.78, 5) is 12.2. The van der Waals surface area contributed by atoms with E-state index in [0.717, 1.165) is 37.7 Å². The van der Waals surface area contributed by atoms with Crippen LogP contribution in [0.25, 0.3) is 0 Å². The quantitative estimate of drug-likeness (QED) is 0.687. The number of rotatable bonds is 6. The standard InChI is InChI=1S/C20H25ClO3/c1-2-3-4-19(22)15-5-7-16(8-6-15)20(23-13-14-24-20)17-9-11-18(21)12-10-17/h2,9-12,15-16H,1,3-8,13-14H2. The van der Waals surface area contributed by atoms with Crippen molar-refractivity contribution in [3.63, 3.8) is 0 Å². The van der Waals surface area contributed by atoms with Crippen molar-refractivity contribution in [1.29, 1.82) is 0 Å². The van der Waals surface area contributed by atoms with Crippen LogP contribution in [-0.4, -0.2) is 19.0 Å². The minimum absolute atomic E-state index is 0.185. The van der Waals surface area contributed by atoms with Crippen LogP contribution in [0.3, 0.4) is 0 Å². The van der Waals surface area contributed by atoms with E-state index in [1.54, 1.807) is 0 Å². The lowest BCUT2D eigenvalue weighted by Crippen LogP contribution is -2.39. The van der Waals surface area contributed by atoms with Gasteiger partial charge in [0.05, 0.1) is 13.2 Å². The van der Waals surface area contributed by atoms with Gasteiger partial charge in [0.1, 0.15) is 5.78 Å². The van der Waals surface area contributed by atoms with E-state index in [4.69, 9.17) is 21.1 Å². The van der Waals surface area contributed by atoms with Crippen molar-refractivity contribution in [3.05, 3.63) is 47.5 Å². The molecule has 0 spiro atoms. The van der Waals surface area contributed by atoms with Gasteiger partial charge >= 0.3 is 0 Å². The largest absolute Gasteiger partial charge is 0.343 e. The molecule has 24 heavy (non-hydrogen) atoms. The van der Waals surface area contributed by atoms with Crippen LogP contribution in [0.15, 0.2) is 36.9 Å². The fourth-order valence-corrected chi connectivity index (χ4v) is 4.12. The predicted octanol–water partition coefficient (Wildman–Crippen LogP) is 4.88. The summed E-state index contributed by atoms with van der Waals surface area (Å²) in [6.07, 6.45) is 6.96. The van der Waals surface area contributed by atoms with Gasteiger partial charge in [-0.25, -0.2) is 0 Å². The number of carbonyl (C=O) groups is 1. The highest BCUT2D eigenvalue weighted by molar-refractivity contribution is 6.30. The summed E-state index contributed by atoms with van der Waals surface area (Å²) in [5.74, 6) is 0.177. The summed E-state index contributed by atoms with van der Waals surface area (Å²) in [6, 6.07) is 7.76. The molecule has 1 saturated heterocycles. The van der Waals surface area contributed by atoms with Crippen LogP contribution in [0.5, 0.6) is 0 Å². The van der Waals surface area contributed by atoms with Gasteiger partial charge in [-0.1, -0.05) is 29.8 Å². The van der Waals surface area contributed by atoms with E-state index < -0.39 is 5.79 Å². The fourth-order valence-electron chi connectivity index (χ4n) is 3.99. The molecule has 0 atom stereocenters. The Kier molecular flexibility index (Phi) is 5.75. The molecular weight excluding hydrogens is 324 g/mol. The maximum absolute atomic E-state index is 12.2. The van der Waals surface area contributed by atoms with Gasteiger partial charge in [0.25, 0.3) is 0 Å². The number of hydrogen-bond acceptors (Lipinski definition) is 3. The summed E-state index contributed by atoms with van der Waals surface area (Å²) < 4.78 is 12.2. The average Bonchev–Trinajstić information content (AvgIpc) is 3.11. The molecular formula is C20H25ClO3. The van der Waals surface area contributed by atoms with E-state index in [0.29, 0.717) is 30.4 Å². The van der Waals surface area contributed by atoms with E-state index in [1.807, 2.05) is 30.3 Å². The molecule has 0 bridgehead atoms. The van der Waals surface area contributed by atoms with Crippen molar-refractivity contribution in [2.45, 2.75) is 44.3 Å². The first-order valence-corrected chi connectivity index (χ1v) is 9.21. The second-order valence-corrected chi connectivity index (χ2v) is 7.15. The highest BCUT2D eigenvalue weighted by Gasteiger charge is 2.47. The van der Waals surface area contributed by atoms with Crippen LogP contribution in [0.2, 0.25) is 5.02 Å². The molecule has 1 aromatic carbocycles. The summed E-state index contributed by atoms with van der Waals surface area (Å²) in [7, 11) is 0. The van der Waals surface area contributed by atoms with Crippen LogP contribution in [0.4, 0.5) is 0 Å². The minimum Gasteiger partial charge on any atom is -0.343 e. The lowest BCUT2D eigenvalue weighted by atomic mass is 9.74. The van der Waals surface area contributed by atoms with Crippen LogP contribution in [0, 0.1) is 11.8 Å². The Labute approximate surface area is 149 Å². The first-order chi connectivity index (χ1) is 11.7. The summed E-state index contributed by atoms with van der Waals surface area (Å²) >= 11 is 6.02. The number of ether oxygens (including phenoxy) is 2. The van der Waals surface area contributed by atoms with Gasteiger partial charge in [-0.05, 0) is 44.2 Å². The number of hydrogen-bond donors (Lipinski definition) is 0. The highest BCUT2D eigenvalue weighted by atomic mass is 35.5. The molecule has 3 nitrogen and oxygen atoms in total. The van der Waals surface area contributed by atoms with Gasteiger partial charge < -0.3 is 9.47 Å². The molecule has 1 aliphatic carbocycles. The van der Waals surface area contributed by atoms with Gasteiger partial charge in [-0.3, -0.25) is 4.79 Å². The molecule has 1 aromatic rings. The molecule has 4 heteroatoms. The molecule has 0 N–H and O–H groups in total. The van der Waals surface area contributed by atoms with E-state index in [1.165, 1.54) is 0 Å². The molecule has 2 fully saturated rings. The fraction of sp³-hybridized carbons (Fsp3) is 0.550. The zero-order valence-corrected chi connectivity index (χ0v) is 14.8. The van der Waals surface area contributed by atoms with Crippen molar-refractivity contribution in [3.8, 4) is 0 Å². The molecule has 1 heterocycles. The maximum atomic E-state index is 12.2. The second-order valence-electron chi connectivity index (χ2n) is 6.71. The molecule has 1 aliphatic heterocycles. The lowest BCUT2D eigenvalue weighted by molar-refractivity contribution is -0.213. The smallest absolute Gasteiger partial charge is 0.197 e. The molecule has 3 rings (SSSR count). The SMILES string of the molecule is C=CCCC(=O)C1CCC(C2(c3ccc(Cl)cc3)OCCO2)CC1. The van der Waals surface area contributed by atoms with Gasteiger partial charge in [-0.15, -0.1) is 6.58 Å². The van der Waals surface area contributed by atoms with E-state index >= 15 is 0 Å². The molecule has 0 unspecified atom stereocenters. The Hall–Kier alpha value is -1.16. The predicted molar refractivity (Wildman–Crippen MR) is 94.9 cm³/mol. The topological polar surface area (TPSA) is 35.5 Å². The average molecular weight is 349 g/mol. The second kappa shape index (κ2) is 7.81. The van der Waals surface area contributed by atoms with Gasteiger partial charge in [0.2, 0.25) is 0 Å². The third kappa shape index (κ3) is 3.58. The van der Waals surface area contributed by atoms with Gasteiger partial charge in [0.15, 0.2) is 5.79 Å². The number of Topliss-reactive ketones (excluding diaryl/α,β-unsaturated/α-hetero) is 1. The molecule has 0 aromatic heterocycles. The van der Waals surface area contributed by atoms with Crippen LogP contribution in [-0.2, 0) is 20.1 Å². The van der Waals surface area contributed by atoms with Crippen LogP contribution in [0.1, 0.15) is 44.1 Å². The number of allylic oxidation sites excluding steroid dienone is 1. The monoisotopic (exact) mass is 348 g/mol. The van der Waals surface area contributed by atoms with Crippen molar-refractivity contribution < 1.29 is 14.3 Å². The number of carbonyl (C=O) groups excluding carboxylic acids is 1. The van der Waals surface area contributed by atoms with Crippen molar-refractivity contribution in [1.82, 2.24) is 0 Å². The third-order valence-electron chi connectivity index (χ3n) is 5.28. The van der Waals surface area contributed by atoms with Gasteiger partial charge in [-0.2, -0.15) is 0 Å². The van der Waals surface area contributed by atoms with Gasteiger partial charge in [0, 0.05) is 28.8 Å². The number of ketones is 1. The molecule has 130 valence electrons. The zero-order chi connectivity index (χ0) is 17.0. The summed E-state index contributed by atoms with van der Waals surface area (Å²) in [5, 5.41) is 0.712. The Morgan fingerprint density at radius 2 is 1.79 bits per heavy atom. The first-order valence-electron chi connectivity index (χ1n) is 8.83. The highest BCUT2D eigenvalue weighted by Crippen LogP contribution is 2.46. The Morgan fingerprint density at radius 3 is 2.38 bits per heavy atom. The van der Waals surface area contributed by atoms with Crippen molar-refractivity contribution in [2.24, 2.45) is 11.8 Å². The zero-order valence-electron chi connectivity index (χ0n) is 14.0. The van der Waals surface area contributed by atoms with Crippen molar-refractivity contribution in [2.75, 3.05) is 13.2 Å². The number of halogens is 1. The third-order valence-corrected chi connectivity index (χ3v) is 5.53. The Balaban J connectivity index is 1.69. The number of benzene rings is 1. The first kappa shape index (κ1) is 17.7. The maximum Gasteiger partial charge on any atom is 0.197 e. The molecule has 0 radical (unpaired) electrons. The normalized spacial score (nSPS) is 26.2. The summed E-state index contributed by atoms with van der Waals surface area (Å²) in [6.45, 7) is 4.92. The molecule has 0 amide bonds. The van der Waals surface area contributed by atoms with Crippen LogP contribution < -0.4 is 0 Å². The minimum atomic E-state index is -0.667. The van der Waals surface area contributed by atoms with Crippen LogP contribution >= 0.6 is 11.6 Å². The van der Waals surface area contributed by atoms with E-state index in [-0.39, 0.29) is 11.8 Å². The lowest BCUT2D eigenvalue weighted by Gasteiger charge is -2.39. The van der Waals surface area contributed by atoms with E-state index in [2.05, 4.69) is 6.58 Å².